The van der Waals surface area contributed by atoms with Crippen LogP contribution in [-0.4, -0.2) is 11.6 Å². The Bertz CT molecular complexity index is 1020. The van der Waals surface area contributed by atoms with Gasteiger partial charge in [-0.15, -0.1) is 11.3 Å². The molecule has 0 fully saturated rings. The van der Waals surface area contributed by atoms with Crippen LogP contribution >= 0.6 is 22.9 Å². The average Bonchev–Trinajstić information content (AvgIpc) is 3.14. The van der Waals surface area contributed by atoms with Crippen molar-refractivity contribution in [3.63, 3.8) is 0 Å². The lowest BCUT2D eigenvalue weighted by molar-refractivity contribution is -0.117. The van der Waals surface area contributed by atoms with E-state index >= 15 is 0 Å². The molecule has 1 amide bonds. The minimum atomic E-state index is 0.0547. The number of amides is 1. The first-order valence-corrected chi connectivity index (χ1v) is 10.0. The number of benzene rings is 2. The molecule has 2 aromatic carbocycles. The number of rotatable bonds is 3. The lowest BCUT2D eigenvalue weighted by Crippen LogP contribution is -2.31. The Kier molecular flexibility index (Phi) is 4.85. The summed E-state index contributed by atoms with van der Waals surface area (Å²) in [6.45, 7) is 4.64. The molecule has 1 aromatic heterocycles. The summed E-state index contributed by atoms with van der Waals surface area (Å²) in [5, 5.41) is 2.70. The first-order chi connectivity index (χ1) is 13.0. The number of hydrogen-bond donors (Lipinski definition) is 0. The van der Waals surface area contributed by atoms with E-state index in [9.17, 15) is 4.79 Å². The number of aliphatic imine (C=N–C) groups is 1. The van der Waals surface area contributed by atoms with Gasteiger partial charge >= 0.3 is 0 Å². The first kappa shape index (κ1) is 18.0. The summed E-state index contributed by atoms with van der Waals surface area (Å²) in [6.07, 6.45) is 0.293. The molecule has 0 aliphatic carbocycles. The number of nitrogens with zero attached hydrogens (tertiary/aromatic N) is 2. The van der Waals surface area contributed by atoms with E-state index in [0.29, 0.717) is 18.0 Å². The zero-order valence-corrected chi connectivity index (χ0v) is 16.8. The predicted octanol–water partition coefficient (Wildman–Crippen LogP) is 6.08. The molecule has 1 aliphatic rings. The van der Waals surface area contributed by atoms with Gasteiger partial charge in [-0.05, 0) is 66.2 Å². The zero-order valence-electron chi connectivity index (χ0n) is 15.2. The number of thiophene rings is 1. The summed E-state index contributed by atoms with van der Waals surface area (Å²) in [6, 6.07) is 15.8. The highest BCUT2D eigenvalue weighted by Gasteiger charge is 2.26. The zero-order chi connectivity index (χ0) is 19.0. The number of carbonyl (C=O) groups excluding carboxylic acids is 1. The Morgan fingerprint density at radius 2 is 1.85 bits per heavy atom. The molecule has 0 spiro atoms. The molecule has 0 saturated carbocycles. The fraction of sp³-hybridized carbons (Fsp3) is 0.182. The van der Waals surface area contributed by atoms with Crippen molar-refractivity contribution in [3.8, 4) is 0 Å². The molecule has 1 aliphatic heterocycles. The average molecular weight is 395 g/mol. The van der Waals surface area contributed by atoms with Gasteiger partial charge < -0.3 is 4.90 Å². The van der Waals surface area contributed by atoms with Gasteiger partial charge in [0, 0.05) is 9.90 Å². The van der Waals surface area contributed by atoms with Crippen LogP contribution in [0, 0.1) is 13.8 Å². The normalized spacial score (nSPS) is 14.0. The second kappa shape index (κ2) is 7.29. The molecule has 3 nitrogen and oxygen atoms in total. The van der Waals surface area contributed by atoms with Crippen molar-refractivity contribution in [1.29, 1.82) is 0 Å². The molecule has 2 heterocycles. The van der Waals surface area contributed by atoms with Crippen molar-refractivity contribution in [2.24, 2.45) is 4.99 Å². The Hall–Kier alpha value is -2.43. The van der Waals surface area contributed by atoms with Crippen LogP contribution in [0.4, 0.5) is 11.4 Å². The van der Waals surface area contributed by atoms with Crippen molar-refractivity contribution >= 4 is 45.9 Å². The molecule has 4 rings (SSSR count). The highest BCUT2D eigenvalue weighted by Crippen LogP contribution is 2.37. The van der Waals surface area contributed by atoms with Gasteiger partial charge in [-0.1, -0.05) is 29.8 Å². The van der Waals surface area contributed by atoms with Crippen molar-refractivity contribution in [2.75, 3.05) is 4.90 Å². The summed E-state index contributed by atoms with van der Waals surface area (Å²) in [7, 11) is 0. The first-order valence-electron chi connectivity index (χ1n) is 8.79. The molecular formula is C22H19ClN2OS. The summed E-state index contributed by atoms with van der Waals surface area (Å²) < 4.78 is 0. The lowest BCUT2D eigenvalue weighted by Gasteiger charge is -2.23. The van der Waals surface area contributed by atoms with E-state index in [4.69, 9.17) is 16.6 Å². The van der Waals surface area contributed by atoms with Crippen LogP contribution < -0.4 is 4.90 Å². The summed E-state index contributed by atoms with van der Waals surface area (Å²) in [5.74, 6) is 0.0547. The van der Waals surface area contributed by atoms with Gasteiger partial charge in [0.2, 0.25) is 5.91 Å². The third-order valence-electron chi connectivity index (χ3n) is 4.82. The van der Waals surface area contributed by atoms with Crippen molar-refractivity contribution in [2.45, 2.75) is 26.8 Å². The fourth-order valence-electron chi connectivity index (χ4n) is 3.18. The highest BCUT2D eigenvalue weighted by molar-refractivity contribution is 7.12. The molecule has 3 aromatic rings. The largest absolute Gasteiger partial charge is 0.306 e. The van der Waals surface area contributed by atoms with Crippen molar-refractivity contribution in [3.05, 3.63) is 80.5 Å². The van der Waals surface area contributed by atoms with Gasteiger partial charge in [0.1, 0.15) is 0 Å². The summed E-state index contributed by atoms with van der Waals surface area (Å²) in [5.41, 5.74) is 5.90. The van der Waals surface area contributed by atoms with E-state index in [1.54, 1.807) is 11.3 Å². The minimum Gasteiger partial charge on any atom is -0.306 e. The van der Waals surface area contributed by atoms with Crippen LogP contribution in [0.2, 0.25) is 5.02 Å². The van der Waals surface area contributed by atoms with Crippen molar-refractivity contribution < 1.29 is 4.79 Å². The van der Waals surface area contributed by atoms with Crippen LogP contribution in [0.3, 0.4) is 0 Å². The number of hydrogen-bond acceptors (Lipinski definition) is 3. The Labute approximate surface area is 167 Å². The molecule has 0 saturated heterocycles. The summed E-state index contributed by atoms with van der Waals surface area (Å²) in [4.78, 5) is 20.9. The molecule has 0 N–H and O–H groups in total. The van der Waals surface area contributed by atoms with Crippen LogP contribution in [0.1, 0.15) is 28.0 Å². The van der Waals surface area contributed by atoms with Gasteiger partial charge in [0.25, 0.3) is 0 Å². The third kappa shape index (κ3) is 3.68. The number of carbonyl (C=O) groups is 1. The van der Waals surface area contributed by atoms with E-state index in [2.05, 4.69) is 26.0 Å². The predicted molar refractivity (Wildman–Crippen MR) is 114 cm³/mol. The Balaban J connectivity index is 1.80. The molecule has 0 radical (unpaired) electrons. The maximum atomic E-state index is 13.2. The Morgan fingerprint density at radius 3 is 2.56 bits per heavy atom. The number of halogens is 1. The van der Waals surface area contributed by atoms with E-state index < -0.39 is 0 Å². The van der Waals surface area contributed by atoms with Gasteiger partial charge in [-0.25, -0.2) is 4.99 Å². The van der Waals surface area contributed by atoms with Crippen LogP contribution in [0.5, 0.6) is 0 Å². The molecule has 0 unspecified atom stereocenters. The monoisotopic (exact) mass is 394 g/mol. The maximum Gasteiger partial charge on any atom is 0.233 e. The smallest absolute Gasteiger partial charge is 0.233 e. The lowest BCUT2D eigenvalue weighted by atomic mass is 10.1. The second-order valence-corrected chi connectivity index (χ2v) is 8.13. The molecule has 27 heavy (non-hydrogen) atoms. The van der Waals surface area contributed by atoms with E-state index in [1.165, 1.54) is 5.56 Å². The highest BCUT2D eigenvalue weighted by atomic mass is 35.5. The standard InChI is InChI=1S/C22H19ClN2OS/c1-14-10-18-20(11-15(14)2)25(13-16-5-7-17(23)8-6-16)22(26)12-19(24-18)21-4-3-9-27-21/h3-11H,12-13H2,1-2H3. The third-order valence-corrected chi connectivity index (χ3v) is 5.99. The van der Waals surface area contributed by atoms with Crippen molar-refractivity contribution in [1.82, 2.24) is 0 Å². The molecule has 136 valence electrons. The van der Waals surface area contributed by atoms with Crippen LogP contribution in [0.15, 0.2) is 58.9 Å². The quantitative estimate of drug-likeness (QED) is 0.530. The van der Waals surface area contributed by atoms with Crippen LogP contribution in [0.25, 0.3) is 0 Å². The van der Waals surface area contributed by atoms with Gasteiger partial charge in [0.15, 0.2) is 0 Å². The maximum absolute atomic E-state index is 13.2. The van der Waals surface area contributed by atoms with Gasteiger partial charge in [-0.3, -0.25) is 4.79 Å². The minimum absolute atomic E-state index is 0.0547. The van der Waals surface area contributed by atoms with Crippen LogP contribution in [-0.2, 0) is 11.3 Å². The molecule has 0 atom stereocenters. The summed E-state index contributed by atoms with van der Waals surface area (Å²) >= 11 is 7.62. The molecular weight excluding hydrogens is 376 g/mol. The topological polar surface area (TPSA) is 32.7 Å². The van der Waals surface area contributed by atoms with E-state index in [-0.39, 0.29) is 5.91 Å². The molecule has 5 heteroatoms. The number of aryl methyl sites for hydroxylation is 2. The molecule has 0 bridgehead atoms. The van der Waals surface area contributed by atoms with E-state index in [1.807, 2.05) is 46.7 Å². The number of anilines is 1. The Morgan fingerprint density at radius 1 is 1.11 bits per heavy atom. The van der Waals surface area contributed by atoms with E-state index in [0.717, 1.165) is 33.1 Å². The second-order valence-electron chi connectivity index (χ2n) is 6.74. The fourth-order valence-corrected chi connectivity index (χ4v) is 4.02. The van der Waals surface area contributed by atoms with Gasteiger partial charge in [-0.2, -0.15) is 0 Å². The number of fused-ring (bicyclic) bond motifs is 1. The van der Waals surface area contributed by atoms with Gasteiger partial charge in [0.05, 0.1) is 30.1 Å². The SMILES string of the molecule is Cc1cc2c(cc1C)N(Cc1ccc(Cl)cc1)C(=O)CC(c1cccs1)=N2.